The van der Waals surface area contributed by atoms with E-state index in [1.165, 1.54) is 18.9 Å². The van der Waals surface area contributed by atoms with Gasteiger partial charge in [-0.1, -0.05) is 11.6 Å². The monoisotopic (exact) mass is 269 g/mol. The van der Waals surface area contributed by atoms with E-state index < -0.39 is 0 Å². The summed E-state index contributed by atoms with van der Waals surface area (Å²) < 4.78 is 19.4. The average molecular weight is 270 g/mol. The van der Waals surface area contributed by atoms with Crippen molar-refractivity contribution in [3.05, 3.63) is 34.6 Å². The Balaban J connectivity index is 1.65. The van der Waals surface area contributed by atoms with Crippen molar-refractivity contribution < 1.29 is 9.13 Å². The third-order valence-electron chi connectivity index (χ3n) is 3.73. The van der Waals surface area contributed by atoms with Crippen LogP contribution in [0.5, 0.6) is 0 Å². The molecule has 2 fully saturated rings. The van der Waals surface area contributed by atoms with Crippen molar-refractivity contribution in [3.63, 3.8) is 0 Å². The van der Waals surface area contributed by atoms with Crippen LogP contribution in [0.2, 0.25) is 5.02 Å². The van der Waals surface area contributed by atoms with E-state index in [0.717, 1.165) is 25.6 Å². The minimum atomic E-state index is -0.172. The van der Waals surface area contributed by atoms with E-state index in [2.05, 4.69) is 4.90 Å². The Bertz CT molecular complexity index is 436. The molecule has 1 atom stereocenters. The number of hydrogen-bond donors (Lipinski definition) is 0. The maximum absolute atomic E-state index is 13.7. The van der Waals surface area contributed by atoms with Crippen molar-refractivity contribution in [2.45, 2.75) is 25.5 Å². The average Bonchev–Trinajstić information content (AvgIpc) is 3.18. The zero-order chi connectivity index (χ0) is 12.5. The number of halogens is 2. The topological polar surface area (TPSA) is 12.5 Å². The lowest BCUT2D eigenvalue weighted by atomic mass is 10.1. The van der Waals surface area contributed by atoms with Crippen LogP contribution in [0, 0.1) is 11.7 Å². The fourth-order valence-electron chi connectivity index (χ4n) is 2.53. The second kappa shape index (κ2) is 5.16. The van der Waals surface area contributed by atoms with Crippen molar-refractivity contribution in [2.75, 3.05) is 19.7 Å². The first-order valence-electron chi connectivity index (χ1n) is 6.50. The van der Waals surface area contributed by atoms with Crippen LogP contribution in [0.25, 0.3) is 0 Å². The summed E-state index contributed by atoms with van der Waals surface area (Å²) in [6, 6.07) is 4.75. The van der Waals surface area contributed by atoms with Gasteiger partial charge in [0.15, 0.2) is 0 Å². The number of benzene rings is 1. The van der Waals surface area contributed by atoms with Gasteiger partial charge in [-0.3, -0.25) is 4.90 Å². The van der Waals surface area contributed by atoms with Crippen LogP contribution >= 0.6 is 11.6 Å². The van der Waals surface area contributed by atoms with Gasteiger partial charge < -0.3 is 4.74 Å². The Hall–Kier alpha value is -0.640. The Morgan fingerprint density at radius 1 is 1.39 bits per heavy atom. The molecule has 1 unspecified atom stereocenters. The molecule has 1 saturated heterocycles. The van der Waals surface area contributed by atoms with Gasteiger partial charge in [0.25, 0.3) is 0 Å². The van der Waals surface area contributed by atoms with E-state index >= 15 is 0 Å². The van der Waals surface area contributed by atoms with E-state index in [1.807, 2.05) is 0 Å². The molecule has 1 saturated carbocycles. The van der Waals surface area contributed by atoms with Gasteiger partial charge in [0, 0.05) is 30.2 Å². The Kier molecular flexibility index (Phi) is 3.55. The maximum Gasteiger partial charge on any atom is 0.127 e. The fraction of sp³-hybridized carbons (Fsp3) is 0.571. The lowest BCUT2D eigenvalue weighted by molar-refractivity contribution is -0.0421. The summed E-state index contributed by atoms with van der Waals surface area (Å²) in [5.74, 6) is 0.561. The molecule has 0 amide bonds. The highest BCUT2D eigenvalue weighted by atomic mass is 35.5. The van der Waals surface area contributed by atoms with Gasteiger partial charge in [-0.15, -0.1) is 0 Å². The SMILES string of the molecule is Fc1ccc(Cl)cc1CN1CCOC(C2CC2)C1. The van der Waals surface area contributed by atoms with Gasteiger partial charge >= 0.3 is 0 Å². The number of morpholine rings is 1. The maximum atomic E-state index is 13.7. The van der Waals surface area contributed by atoms with E-state index in [1.54, 1.807) is 12.1 Å². The highest BCUT2D eigenvalue weighted by Crippen LogP contribution is 2.35. The summed E-state index contributed by atoms with van der Waals surface area (Å²) in [6.07, 6.45) is 2.91. The molecule has 0 spiro atoms. The van der Waals surface area contributed by atoms with Crippen LogP contribution in [0.1, 0.15) is 18.4 Å². The van der Waals surface area contributed by atoms with E-state index in [-0.39, 0.29) is 5.82 Å². The molecule has 4 heteroatoms. The Morgan fingerprint density at radius 2 is 2.22 bits per heavy atom. The van der Waals surface area contributed by atoms with Gasteiger partial charge in [-0.25, -0.2) is 4.39 Å². The van der Waals surface area contributed by atoms with Crippen LogP contribution in [-0.2, 0) is 11.3 Å². The van der Waals surface area contributed by atoms with Gasteiger partial charge in [-0.2, -0.15) is 0 Å². The van der Waals surface area contributed by atoms with Crippen molar-refractivity contribution in [1.82, 2.24) is 4.90 Å². The predicted molar refractivity (Wildman–Crippen MR) is 69.2 cm³/mol. The first kappa shape index (κ1) is 12.4. The van der Waals surface area contributed by atoms with Crippen LogP contribution in [0.15, 0.2) is 18.2 Å². The summed E-state index contributed by atoms with van der Waals surface area (Å²) in [5, 5.41) is 0.596. The van der Waals surface area contributed by atoms with Crippen LogP contribution in [0.4, 0.5) is 4.39 Å². The van der Waals surface area contributed by atoms with Gasteiger partial charge in [0.2, 0.25) is 0 Å². The summed E-state index contributed by atoms with van der Waals surface area (Å²) in [6.45, 7) is 3.16. The first-order chi connectivity index (χ1) is 8.72. The van der Waals surface area contributed by atoms with Crippen molar-refractivity contribution in [1.29, 1.82) is 0 Å². The highest BCUT2D eigenvalue weighted by Gasteiger charge is 2.35. The number of ether oxygens (including phenoxy) is 1. The molecule has 1 aromatic carbocycles. The third-order valence-corrected chi connectivity index (χ3v) is 3.96. The standard InChI is InChI=1S/C14H17ClFNO/c15-12-3-4-13(16)11(7-12)8-17-5-6-18-14(9-17)10-1-2-10/h3-4,7,10,14H,1-2,5-6,8-9H2. The molecule has 18 heavy (non-hydrogen) atoms. The Morgan fingerprint density at radius 3 is 3.00 bits per heavy atom. The van der Waals surface area contributed by atoms with Gasteiger partial charge in [0.1, 0.15) is 5.82 Å². The molecule has 1 aliphatic carbocycles. The minimum Gasteiger partial charge on any atom is -0.375 e. The largest absolute Gasteiger partial charge is 0.375 e. The van der Waals surface area contributed by atoms with Crippen molar-refractivity contribution in [2.24, 2.45) is 5.92 Å². The van der Waals surface area contributed by atoms with E-state index in [0.29, 0.717) is 23.2 Å². The molecule has 2 aliphatic rings. The summed E-state index contributed by atoms with van der Waals surface area (Å²) in [4.78, 5) is 2.27. The van der Waals surface area contributed by atoms with Crippen LogP contribution in [0.3, 0.4) is 0 Å². The summed E-state index contributed by atoms with van der Waals surface area (Å²) >= 11 is 5.91. The van der Waals surface area contributed by atoms with Gasteiger partial charge in [-0.05, 0) is 37.0 Å². The van der Waals surface area contributed by atoms with Crippen molar-refractivity contribution >= 4 is 11.6 Å². The van der Waals surface area contributed by atoms with Crippen LogP contribution in [-0.4, -0.2) is 30.7 Å². The quantitative estimate of drug-likeness (QED) is 0.836. The summed E-state index contributed by atoms with van der Waals surface area (Å²) in [7, 11) is 0. The zero-order valence-corrected chi connectivity index (χ0v) is 11.0. The third kappa shape index (κ3) is 2.85. The molecular weight excluding hydrogens is 253 g/mol. The van der Waals surface area contributed by atoms with Crippen molar-refractivity contribution in [3.8, 4) is 0 Å². The number of hydrogen-bond acceptors (Lipinski definition) is 2. The summed E-state index contributed by atoms with van der Waals surface area (Å²) in [5.41, 5.74) is 0.680. The lowest BCUT2D eigenvalue weighted by Gasteiger charge is -2.33. The number of nitrogens with zero attached hydrogens (tertiary/aromatic N) is 1. The second-order valence-corrected chi connectivity index (χ2v) is 5.65. The number of rotatable bonds is 3. The van der Waals surface area contributed by atoms with E-state index in [4.69, 9.17) is 16.3 Å². The lowest BCUT2D eigenvalue weighted by Crippen LogP contribution is -2.43. The zero-order valence-electron chi connectivity index (χ0n) is 10.2. The predicted octanol–water partition coefficient (Wildman–Crippen LogP) is 3.09. The first-order valence-corrected chi connectivity index (χ1v) is 6.88. The second-order valence-electron chi connectivity index (χ2n) is 5.22. The molecule has 1 aromatic rings. The smallest absolute Gasteiger partial charge is 0.127 e. The molecular formula is C14H17ClFNO. The molecule has 0 radical (unpaired) electrons. The van der Waals surface area contributed by atoms with Crippen LogP contribution < -0.4 is 0 Å². The molecule has 3 rings (SSSR count). The molecule has 1 aliphatic heterocycles. The highest BCUT2D eigenvalue weighted by molar-refractivity contribution is 6.30. The molecule has 0 N–H and O–H groups in total. The Labute approximate surface area is 112 Å². The molecule has 1 heterocycles. The van der Waals surface area contributed by atoms with E-state index in [9.17, 15) is 4.39 Å². The fourth-order valence-corrected chi connectivity index (χ4v) is 2.73. The molecule has 2 nitrogen and oxygen atoms in total. The molecule has 0 aromatic heterocycles. The molecule has 0 bridgehead atoms. The minimum absolute atomic E-state index is 0.172. The molecule has 98 valence electrons. The normalized spacial score (nSPS) is 25.3. The van der Waals surface area contributed by atoms with Gasteiger partial charge in [0.05, 0.1) is 12.7 Å².